The molecule has 0 bridgehead atoms. The fourth-order valence-corrected chi connectivity index (χ4v) is 2.12. The van der Waals surface area contributed by atoms with E-state index in [1.807, 2.05) is 0 Å². The van der Waals surface area contributed by atoms with Crippen molar-refractivity contribution in [1.29, 1.82) is 0 Å². The van der Waals surface area contributed by atoms with Crippen LogP contribution in [0, 0.1) is 0 Å². The van der Waals surface area contributed by atoms with Gasteiger partial charge in [0.15, 0.2) is 6.10 Å². The van der Waals surface area contributed by atoms with Gasteiger partial charge in [0.05, 0.1) is 5.56 Å². The van der Waals surface area contributed by atoms with Gasteiger partial charge < -0.3 is 10.5 Å². The molecular weight excluding hydrogens is 318 g/mol. The normalized spacial score (nSPS) is 11.6. The SMILES string of the molecule is C[C@@H](OC(=O)c1ccc(C(N)=O)cc1)C(=O)c1cccc(Cl)c1. The number of carbonyl (C=O) groups excluding carboxylic acids is 3. The molecule has 5 nitrogen and oxygen atoms in total. The van der Waals surface area contributed by atoms with Crippen molar-refractivity contribution in [3.8, 4) is 0 Å². The number of rotatable bonds is 5. The number of halogens is 1. The highest BCUT2D eigenvalue weighted by atomic mass is 35.5. The van der Waals surface area contributed by atoms with Crippen LogP contribution in [0.1, 0.15) is 38.0 Å². The lowest BCUT2D eigenvalue weighted by molar-refractivity contribution is 0.0318. The van der Waals surface area contributed by atoms with Crippen LogP contribution in [0.4, 0.5) is 0 Å². The Morgan fingerprint density at radius 2 is 1.61 bits per heavy atom. The van der Waals surface area contributed by atoms with Gasteiger partial charge in [-0.1, -0.05) is 23.7 Å². The van der Waals surface area contributed by atoms with Gasteiger partial charge in [0, 0.05) is 16.1 Å². The highest BCUT2D eigenvalue weighted by Gasteiger charge is 2.20. The van der Waals surface area contributed by atoms with Crippen molar-refractivity contribution in [3.63, 3.8) is 0 Å². The molecule has 2 N–H and O–H groups in total. The zero-order valence-corrected chi connectivity index (χ0v) is 13.0. The second-order valence-corrected chi connectivity index (χ2v) is 5.30. The molecule has 0 aliphatic heterocycles. The number of benzene rings is 2. The van der Waals surface area contributed by atoms with Crippen LogP contribution >= 0.6 is 11.6 Å². The number of primary amides is 1. The Bertz CT molecular complexity index is 755. The molecule has 2 aromatic carbocycles. The van der Waals surface area contributed by atoms with Gasteiger partial charge in [-0.2, -0.15) is 0 Å². The summed E-state index contributed by atoms with van der Waals surface area (Å²) in [5.41, 5.74) is 5.99. The highest BCUT2D eigenvalue weighted by Crippen LogP contribution is 2.14. The number of ketones is 1. The maximum atomic E-state index is 12.2. The Kier molecular flexibility index (Phi) is 5.13. The number of amides is 1. The number of hydrogen-bond donors (Lipinski definition) is 1. The summed E-state index contributed by atoms with van der Waals surface area (Å²) in [7, 11) is 0. The summed E-state index contributed by atoms with van der Waals surface area (Å²) < 4.78 is 5.15. The van der Waals surface area contributed by atoms with Crippen molar-refractivity contribution >= 4 is 29.3 Å². The van der Waals surface area contributed by atoms with Crippen LogP contribution in [-0.4, -0.2) is 23.8 Å². The topological polar surface area (TPSA) is 86.5 Å². The van der Waals surface area contributed by atoms with E-state index >= 15 is 0 Å². The largest absolute Gasteiger partial charge is 0.451 e. The van der Waals surface area contributed by atoms with E-state index in [1.54, 1.807) is 18.2 Å². The molecule has 2 rings (SSSR count). The predicted molar refractivity (Wildman–Crippen MR) is 85.6 cm³/mol. The molecule has 0 saturated carbocycles. The first-order chi connectivity index (χ1) is 10.9. The number of Topliss-reactive ketones (excluding diaryl/α,β-unsaturated/α-hetero) is 1. The maximum Gasteiger partial charge on any atom is 0.338 e. The Morgan fingerprint density at radius 3 is 2.17 bits per heavy atom. The van der Waals surface area contributed by atoms with Crippen LogP contribution < -0.4 is 5.73 Å². The highest BCUT2D eigenvalue weighted by molar-refractivity contribution is 6.31. The van der Waals surface area contributed by atoms with E-state index in [2.05, 4.69) is 0 Å². The molecule has 0 unspecified atom stereocenters. The second-order valence-electron chi connectivity index (χ2n) is 4.86. The van der Waals surface area contributed by atoms with E-state index in [0.29, 0.717) is 10.6 Å². The smallest absolute Gasteiger partial charge is 0.338 e. The van der Waals surface area contributed by atoms with Gasteiger partial charge >= 0.3 is 5.97 Å². The summed E-state index contributed by atoms with van der Waals surface area (Å²) >= 11 is 5.84. The summed E-state index contributed by atoms with van der Waals surface area (Å²) in [6.45, 7) is 1.49. The van der Waals surface area contributed by atoms with Crippen molar-refractivity contribution in [1.82, 2.24) is 0 Å². The summed E-state index contributed by atoms with van der Waals surface area (Å²) in [6.07, 6.45) is -0.961. The van der Waals surface area contributed by atoms with Crippen molar-refractivity contribution in [2.24, 2.45) is 5.73 Å². The molecule has 0 saturated heterocycles. The minimum atomic E-state index is -0.961. The molecule has 0 fully saturated rings. The van der Waals surface area contributed by atoms with E-state index in [4.69, 9.17) is 22.1 Å². The molecule has 0 aliphatic rings. The predicted octanol–water partition coefficient (Wildman–Crippen LogP) is 2.87. The van der Waals surface area contributed by atoms with Gasteiger partial charge in [0.1, 0.15) is 0 Å². The lowest BCUT2D eigenvalue weighted by atomic mass is 10.1. The average Bonchev–Trinajstić information content (AvgIpc) is 2.54. The molecule has 0 spiro atoms. The third kappa shape index (κ3) is 4.17. The van der Waals surface area contributed by atoms with Crippen molar-refractivity contribution in [3.05, 3.63) is 70.2 Å². The molecule has 23 heavy (non-hydrogen) atoms. The number of esters is 1. The standard InChI is InChI=1S/C17H14ClNO4/c1-10(15(20)13-3-2-4-14(18)9-13)23-17(22)12-7-5-11(6-8-12)16(19)21/h2-10H,1H3,(H2,19,21)/t10-/m1/s1. The third-order valence-electron chi connectivity index (χ3n) is 3.17. The number of hydrogen-bond acceptors (Lipinski definition) is 4. The molecule has 0 radical (unpaired) electrons. The molecule has 1 atom stereocenters. The van der Waals surface area contributed by atoms with Crippen molar-refractivity contribution in [2.75, 3.05) is 0 Å². The van der Waals surface area contributed by atoms with Gasteiger partial charge in [0.2, 0.25) is 11.7 Å². The van der Waals surface area contributed by atoms with Crippen molar-refractivity contribution < 1.29 is 19.1 Å². The first kappa shape index (κ1) is 16.7. The minimum Gasteiger partial charge on any atom is -0.451 e. The van der Waals surface area contributed by atoms with Crippen LogP contribution in [0.2, 0.25) is 5.02 Å². The summed E-state index contributed by atoms with van der Waals surface area (Å²) in [4.78, 5) is 35.2. The van der Waals surface area contributed by atoms with E-state index in [0.717, 1.165) is 0 Å². The molecule has 2 aromatic rings. The zero-order chi connectivity index (χ0) is 17.0. The summed E-state index contributed by atoms with van der Waals surface area (Å²) in [6, 6.07) is 12.1. The third-order valence-corrected chi connectivity index (χ3v) is 3.40. The second kappa shape index (κ2) is 7.07. The van der Waals surface area contributed by atoms with Gasteiger partial charge in [0.25, 0.3) is 0 Å². The average molecular weight is 332 g/mol. The molecule has 6 heteroatoms. The van der Waals surface area contributed by atoms with E-state index in [9.17, 15) is 14.4 Å². The minimum absolute atomic E-state index is 0.223. The number of carbonyl (C=O) groups is 3. The van der Waals surface area contributed by atoms with Gasteiger partial charge in [-0.15, -0.1) is 0 Å². The molecule has 0 aromatic heterocycles. The van der Waals surface area contributed by atoms with Gasteiger partial charge in [-0.3, -0.25) is 9.59 Å². The van der Waals surface area contributed by atoms with E-state index < -0.39 is 18.0 Å². The first-order valence-electron chi connectivity index (χ1n) is 6.79. The fraction of sp³-hybridized carbons (Fsp3) is 0.118. The molecule has 0 aliphatic carbocycles. The van der Waals surface area contributed by atoms with Crippen LogP contribution in [0.25, 0.3) is 0 Å². The van der Waals surface area contributed by atoms with Crippen LogP contribution in [0.5, 0.6) is 0 Å². The zero-order valence-electron chi connectivity index (χ0n) is 12.3. The Balaban J connectivity index is 2.07. The number of ether oxygens (including phenoxy) is 1. The molecular formula is C17H14ClNO4. The van der Waals surface area contributed by atoms with Gasteiger partial charge in [-0.05, 0) is 43.3 Å². The van der Waals surface area contributed by atoms with Crippen LogP contribution in [-0.2, 0) is 4.74 Å². The summed E-state index contributed by atoms with van der Waals surface area (Å²) in [5, 5.41) is 0.427. The van der Waals surface area contributed by atoms with E-state index in [1.165, 1.54) is 37.3 Å². The molecule has 1 amide bonds. The fourth-order valence-electron chi connectivity index (χ4n) is 1.93. The van der Waals surface area contributed by atoms with Crippen molar-refractivity contribution in [2.45, 2.75) is 13.0 Å². The van der Waals surface area contributed by atoms with Crippen LogP contribution in [0.3, 0.4) is 0 Å². The maximum absolute atomic E-state index is 12.2. The van der Waals surface area contributed by atoms with E-state index in [-0.39, 0.29) is 16.9 Å². The Morgan fingerprint density at radius 1 is 1.00 bits per heavy atom. The quantitative estimate of drug-likeness (QED) is 0.674. The monoisotopic (exact) mass is 331 g/mol. The number of nitrogens with two attached hydrogens (primary N) is 1. The van der Waals surface area contributed by atoms with Crippen LogP contribution in [0.15, 0.2) is 48.5 Å². The Hall–Kier alpha value is -2.66. The summed E-state index contributed by atoms with van der Waals surface area (Å²) in [5.74, 6) is -1.60. The lowest BCUT2D eigenvalue weighted by Gasteiger charge is -2.12. The molecule has 118 valence electrons. The molecule has 0 heterocycles. The Labute approximate surface area is 138 Å². The van der Waals surface area contributed by atoms with Gasteiger partial charge in [-0.25, -0.2) is 4.79 Å². The lowest BCUT2D eigenvalue weighted by Crippen LogP contribution is -2.24. The first-order valence-corrected chi connectivity index (χ1v) is 7.17.